The van der Waals surface area contributed by atoms with Gasteiger partial charge in [0, 0.05) is 39.9 Å². The van der Waals surface area contributed by atoms with Gasteiger partial charge in [-0.15, -0.1) is 0 Å². The number of rotatable bonds is 5. The number of aromatic nitrogens is 2. The molecule has 0 aromatic carbocycles. The van der Waals surface area contributed by atoms with E-state index in [0.29, 0.717) is 13.1 Å². The van der Waals surface area contributed by atoms with Crippen molar-refractivity contribution in [3.63, 3.8) is 0 Å². The van der Waals surface area contributed by atoms with E-state index in [0.717, 1.165) is 25.5 Å². The standard InChI is InChI=1S/C22H40N7O3PS/c1-21(2,3)13-16-14-28(15-18(31-16)29-10-9-17(23)24-20(29)30)33(34,32-22(4,5)6)25-19-26(7)11-12-27(19)8/h9-10,16,18H,11-15H2,1-8H3,(H2,23,24,30)/t16-,18-,33?/m1/s1. The van der Waals surface area contributed by atoms with Crippen LogP contribution in [0.1, 0.15) is 54.2 Å². The highest BCUT2D eigenvalue weighted by Gasteiger charge is 2.41. The van der Waals surface area contributed by atoms with Gasteiger partial charge in [-0.05, 0) is 50.5 Å². The first-order valence-corrected chi connectivity index (χ1v) is 14.3. The lowest BCUT2D eigenvalue weighted by Gasteiger charge is -2.44. The minimum Gasteiger partial charge on any atom is -0.383 e. The third-order valence-corrected chi connectivity index (χ3v) is 8.97. The van der Waals surface area contributed by atoms with E-state index in [-0.39, 0.29) is 17.3 Å². The monoisotopic (exact) mass is 513 g/mol. The lowest BCUT2D eigenvalue weighted by molar-refractivity contribution is -0.116. The number of ether oxygens (including phenoxy) is 1. The van der Waals surface area contributed by atoms with E-state index in [1.807, 2.05) is 34.9 Å². The van der Waals surface area contributed by atoms with Crippen LogP contribution in [0.2, 0.25) is 0 Å². The second-order valence-electron chi connectivity index (χ2n) is 11.3. The van der Waals surface area contributed by atoms with Gasteiger partial charge in [-0.2, -0.15) is 9.75 Å². The number of likely N-dealkylation sites (N-methyl/N-ethyl adjacent to an activating group) is 2. The van der Waals surface area contributed by atoms with Crippen LogP contribution in [-0.2, 0) is 21.1 Å². The first kappa shape index (κ1) is 27.1. The SMILES string of the molecule is CN1CCN(C)C1=NP(=S)(OC(C)(C)C)N1C[C@@H](CC(C)(C)C)O[C@@H](n2ccc(N)nc2=O)C1. The minimum atomic E-state index is -2.89. The first-order valence-electron chi connectivity index (χ1n) is 11.7. The predicted octanol–water partition coefficient (Wildman–Crippen LogP) is 2.73. The molecule has 0 radical (unpaired) electrons. The van der Waals surface area contributed by atoms with Gasteiger partial charge in [0.15, 0.2) is 6.23 Å². The van der Waals surface area contributed by atoms with Gasteiger partial charge in [-0.1, -0.05) is 20.8 Å². The highest BCUT2D eigenvalue weighted by Crippen LogP contribution is 2.58. The third-order valence-electron chi connectivity index (χ3n) is 5.55. The maximum Gasteiger partial charge on any atom is 0.351 e. The molecule has 2 aliphatic rings. The molecule has 0 amide bonds. The number of hydrogen-bond donors (Lipinski definition) is 1. The molecule has 34 heavy (non-hydrogen) atoms. The van der Waals surface area contributed by atoms with Gasteiger partial charge in [0.25, 0.3) is 6.57 Å². The molecule has 12 heteroatoms. The van der Waals surface area contributed by atoms with Crippen molar-refractivity contribution in [1.82, 2.24) is 24.0 Å². The van der Waals surface area contributed by atoms with Crippen molar-refractivity contribution in [2.45, 2.75) is 65.9 Å². The Morgan fingerprint density at radius 2 is 1.82 bits per heavy atom. The van der Waals surface area contributed by atoms with Crippen molar-refractivity contribution < 1.29 is 9.26 Å². The van der Waals surface area contributed by atoms with E-state index in [2.05, 4.69) is 40.2 Å². The molecular weight excluding hydrogens is 473 g/mol. The van der Waals surface area contributed by atoms with Crippen molar-refractivity contribution in [1.29, 1.82) is 0 Å². The molecule has 3 rings (SSSR count). The zero-order chi connectivity index (χ0) is 25.5. The van der Waals surface area contributed by atoms with Crippen LogP contribution in [0.15, 0.2) is 21.8 Å². The summed E-state index contributed by atoms with van der Waals surface area (Å²) in [5.41, 5.74) is 4.79. The maximum absolute atomic E-state index is 12.7. The maximum atomic E-state index is 12.7. The van der Waals surface area contributed by atoms with Crippen molar-refractivity contribution in [2.24, 2.45) is 10.2 Å². The van der Waals surface area contributed by atoms with Gasteiger partial charge in [-0.3, -0.25) is 4.57 Å². The first-order chi connectivity index (χ1) is 15.6. The average molecular weight is 514 g/mol. The highest BCUT2D eigenvalue weighted by molar-refractivity contribution is 8.10. The summed E-state index contributed by atoms with van der Waals surface area (Å²) >= 11 is 6.26. The molecule has 1 unspecified atom stereocenters. The number of morpholine rings is 1. The largest absolute Gasteiger partial charge is 0.383 e. The van der Waals surface area contributed by atoms with Crippen LogP contribution in [0.5, 0.6) is 0 Å². The molecule has 2 aliphatic heterocycles. The van der Waals surface area contributed by atoms with Crippen molar-refractivity contribution in [2.75, 3.05) is 46.0 Å². The van der Waals surface area contributed by atoms with E-state index < -0.39 is 24.1 Å². The Balaban J connectivity index is 2.05. The Hall–Kier alpha value is -1.52. The molecule has 2 N–H and O–H groups in total. The molecule has 2 saturated heterocycles. The van der Waals surface area contributed by atoms with E-state index in [4.69, 9.17) is 31.6 Å². The molecule has 0 aliphatic carbocycles. The zero-order valence-corrected chi connectivity index (χ0v) is 23.4. The smallest absolute Gasteiger partial charge is 0.351 e. The number of guanidine groups is 1. The van der Waals surface area contributed by atoms with E-state index >= 15 is 0 Å². The van der Waals surface area contributed by atoms with Gasteiger partial charge < -0.3 is 24.8 Å². The normalized spacial score (nSPS) is 24.4. The summed E-state index contributed by atoms with van der Waals surface area (Å²) in [6.07, 6.45) is 1.68. The molecule has 2 fully saturated rings. The minimum absolute atomic E-state index is 0.0216. The van der Waals surface area contributed by atoms with Crippen LogP contribution in [0.25, 0.3) is 0 Å². The van der Waals surface area contributed by atoms with E-state index in [1.54, 1.807) is 12.3 Å². The Kier molecular flexibility index (Phi) is 7.85. The second-order valence-corrected chi connectivity index (χ2v) is 14.7. The van der Waals surface area contributed by atoms with Crippen LogP contribution in [0, 0.1) is 5.41 Å². The molecule has 10 nitrogen and oxygen atoms in total. The molecule has 192 valence electrons. The fraction of sp³-hybridized carbons (Fsp3) is 0.773. The second kappa shape index (κ2) is 9.85. The molecule has 1 aromatic heterocycles. The summed E-state index contributed by atoms with van der Waals surface area (Å²) in [6.45, 7) is 12.3. The number of anilines is 1. The number of nitrogen functional groups attached to an aromatic ring is 1. The van der Waals surface area contributed by atoms with Gasteiger partial charge >= 0.3 is 5.69 Å². The quantitative estimate of drug-likeness (QED) is 0.596. The summed E-state index contributed by atoms with van der Waals surface area (Å²) in [7, 11) is 4.03. The summed E-state index contributed by atoms with van der Waals surface area (Å²) in [6, 6.07) is 1.60. The summed E-state index contributed by atoms with van der Waals surface area (Å²) in [5.74, 6) is 1.01. The van der Waals surface area contributed by atoms with Gasteiger partial charge in [0.05, 0.1) is 18.2 Å². The Bertz CT molecular complexity index is 1000. The molecule has 3 heterocycles. The molecule has 1 aromatic rings. The van der Waals surface area contributed by atoms with Crippen LogP contribution in [-0.4, -0.2) is 82.0 Å². The summed E-state index contributed by atoms with van der Waals surface area (Å²) in [5, 5.41) is 0. The molecule has 3 atom stereocenters. The van der Waals surface area contributed by atoms with Crippen molar-refractivity contribution >= 4 is 30.2 Å². The van der Waals surface area contributed by atoms with Crippen LogP contribution >= 0.6 is 6.57 Å². The van der Waals surface area contributed by atoms with E-state index in [9.17, 15) is 4.79 Å². The van der Waals surface area contributed by atoms with Gasteiger partial charge in [-0.25, -0.2) is 9.46 Å². The van der Waals surface area contributed by atoms with Crippen molar-refractivity contribution in [3.8, 4) is 0 Å². The van der Waals surface area contributed by atoms with E-state index in [1.165, 1.54) is 4.57 Å². The van der Waals surface area contributed by atoms with Crippen molar-refractivity contribution in [3.05, 3.63) is 22.7 Å². The topological polar surface area (TPSA) is 101 Å². The fourth-order valence-corrected chi connectivity index (χ4v) is 7.71. The molecule has 0 saturated carbocycles. The predicted molar refractivity (Wildman–Crippen MR) is 140 cm³/mol. The zero-order valence-electron chi connectivity index (χ0n) is 21.7. The fourth-order valence-electron chi connectivity index (χ4n) is 4.15. The Morgan fingerprint density at radius 3 is 2.35 bits per heavy atom. The van der Waals surface area contributed by atoms with Crippen LogP contribution < -0.4 is 11.4 Å². The number of hydrogen-bond acceptors (Lipinski definition) is 6. The van der Waals surface area contributed by atoms with Crippen LogP contribution in [0.4, 0.5) is 5.82 Å². The summed E-state index contributed by atoms with van der Waals surface area (Å²) < 4.78 is 21.7. The Labute approximate surface area is 208 Å². The third kappa shape index (κ3) is 6.79. The number of nitrogens with zero attached hydrogens (tertiary/aromatic N) is 6. The van der Waals surface area contributed by atoms with Gasteiger partial charge in [0.2, 0.25) is 5.96 Å². The lowest BCUT2D eigenvalue weighted by Crippen LogP contribution is -2.48. The molecular formula is C22H40N7O3PS. The summed E-state index contributed by atoms with van der Waals surface area (Å²) in [4.78, 5) is 20.8. The highest BCUT2D eigenvalue weighted by atomic mass is 32.4. The van der Waals surface area contributed by atoms with Gasteiger partial charge in [0.1, 0.15) is 5.82 Å². The molecule has 0 spiro atoms. The average Bonchev–Trinajstić information content (AvgIpc) is 2.96. The number of nitrogens with two attached hydrogens (primary N) is 1. The van der Waals surface area contributed by atoms with Crippen LogP contribution in [0.3, 0.4) is 0 Å². The molecule has 0 bridgehead atoms. The lowest BCUT2D eigenvalue weighted by atomic mass is 9.89. The Morgan fingerprint density at radius 1 is 1.21 bits per heavy atom.